The van der Waals surface area contributed by atoms with Gasteiger partial charge >= 0.3 is 5.97 Å². The Morgan fingerprint density at radius 1 is 1.38 bits per heavy atom. The lowest BCUT2D eigenvalue weighted by atomic mass is 9.98. The van der Waals surface area contributed by atoms with E-state index in [1.54, 1.807) is 0 Å². The predicted molar refractivity (Wildman–Crippen MR) is 82.6 cm³/mol. The van der Waals surface area contributed by atoms with Crippen LogP contribution in [0.3, 0.4) is 0 Å². The lowest BCUT2D eigenvalue weighted by molar-refractivity contribution is 0.0688. The molecule has 5 nitrogen and oxygen atoms in total. The minimum atomic E-state index is -0.945. The molecule has 0 fully saturated rings. The zero-order chi connectivity index (χ0) is 15.4. The van der Waals surface area contributed by atoms with Crippen molar-refractivity contribution >= 4 is 17.3 Å². The van der Waals surface area contributed by atoms with Crippen LogP contribution >= 0.6 is 11.3 Å². The molecule has 1 aromatic heterocycles. The summed E-state index contributed by atoms with van der Waals surface area (Å²) >= 11 is 1.32. The Bertz CT molecular complexity index is 498. The van der Waals surface area contributed by atoms with Gasteiger partial charge in [-0.05, 0) is 25.7 Å². The van der Waals surface area contributed by atoms with Crippen molar-refractivity contribution in [3.8, 4) is 5.75 Å². The average Bonchev–Trinajstić information content (AvgIpc) is 2.82. The maximum Gasteiger partial charge on any atom is 0.349 e. The molecule has 0 saturated carbocycles. The molecule has 0 aliphatic heterocycles. The fraction of sp³-hybridized carbons (Fsp3) is 0.667. The van der Waals surface area contributed by atoms with E-state index in [2.05, 4.69) is 5.32 Å². The molecular formula is C15H23NO4S. The number of aliphatic hydroxyl groups excluding tert-OH is 1. The summed E-state index contributed by atoms with van der Waals surface area (Å²) in [4.78, 5) is 12.8. The summed E-state index contributed by atoms with van der Waals surface area (Å²) in [6.07, 6.45) is 3.33. The molecule has 1 aromatic rings. The molecule has 1 atom stereocenters. The third kappa shape index (κ3) is 4.18. The van der Waals surface area contributed by atoms with E-state index in [9.17, 15) is 15.0 Å². The molecular weight excluding hydrogens is 290 g/mol. The molecule has 0 bridgehead atoms. The fourth-order valence-corrected chi connectivity index (χ4v) is 3.61. The van der Waals surface area contributed by atoms with Crippen molar-refractivity contribution in [1.82, 2.24) is 5.32 Å². The number of aliphatic hydroxyl groups is 1. The van der Waals surface area contributed by atoms with E-state index in [0.29, 0.717) is 18.3 Å². The molecule has 0 saturated heterocycles. The Labute approximate surface area is 128 Å². The van der Waals surface area contributed by atoms with Crippen LogP contribution in [0.4, 0.5) is 0 Å². The first-order valence-corrected chi connectivity index (χ1v) is 8.22. The average molecular weight is 313 g/mol. The van der Waals surface area contributed by atoms with Crippen LogP contribution in [0.1, 0.15) is 46.8 Å². The van der Waals surface area contributed by atoms with Gasteiger partial charge in [-0.1, -0.05) is 13.8 Å². The monoisotopic (exact) mass is 313 g/mol. The zero-order valence-corrected chi connectivity index (χ0v) is 13.3. The minimum absolute atomic E-state index is 0.114. The number of rotatable bonds is 7. The summed E-state index contributed by atoms with van der Waals surface area (Å²) < 4.78 is 5.67. The van der Waals surface area contributed by atoms with Crippen molar-refractivity contribution in [2.24, 2.45) is 0 Å². The maximum atomic E-state index is 11.4. The van der Waals surface area contributed by atoms with Gasteiger partial charge in [-0.25, -0.2) is 4.79 Å². The Morgan fingerprint density at radius 2 is 2.10 bits per heavy atom. The quantitative estimate of drug-likeness (QED) is 0.718. The third-order valence-corrected chi connectivity index (χ3v) is 4.76. The second-order valence-corrected chi connectivity index (χ2v) is 6.81. The standard InChI is InChI=1S/C15H23NO4S/c1-9(2)16-7-10(17)8-20-13-11-5-3-4-6-12(11)21-14(13)15(18)19/h9-10,16-17H,3-8H2,1-2H3,(H,18,19). The van der Waals surface area contributed by atoms with Crippen LogP contribution in [-0.4, -0.2) is 41.5 Å². The van der Waals surface area contributed by atoms with E-state index in [1.165, 1.54) is 11.3 Å². The normalized spacial score (nSPS) is 15.8. The number of hydrogen-bond donors (Lipinski definition) is 3. The molecule has 3 N–H and O–H groups in total. The van der Waals surface area contributed by atoms with Crippen molar-refractivity contribution in [1.29, 1.82) is 0 Å². The van der Waals surface area contributed by atoms with Gasteiger partial charge in [-0.2, -0.15) is 0 Å². The Morgan fingerprint density at radius 3 is 2.76 bits per heavy atom. The molecule has 0 spiro atoms. The van der Waals surface area contributed by atoms with Crippen LogP contribution in [0.15, 0.2) is 0 Å². The number of thiophene rings is 1. The maximum absolute atomic E-state index is 11.4. The van der Waals surface area contributed by atoms with Crippen LogP contribution in [0.2, 0.25) is 0 Å². The van der Waals surface area contributed by atoms with Gasteiger partial charge in [0.1, 0.15) is 18.5 Å². The van der Waals surface area contributed by atoms with E-state index in [4.69, 9.17) is 4.74 Å². The smallest absolute Gasteiger partial charge is 0.349 e. The van der Waals surface area contributed by atoms with Crippen molar-refractivity contribution in [3.05, 3.63) is 15.3 Å². The lowest BCUT2D eigenvalue weighted by Crippen LogP contribution is -2.35. The fourth-order valence-electron chi connectivity index (χ4n) is 2.44. The number of fused-ring (bicyclic) bond motifs is 1. The van der Waals surface area contributed by atoms with Gasteiger partial charge in [0, 0.05) is 23.0 Å². The van der Waals surface area contributed by atoms with Crippen molar-refractivity contribution in [3.63, 3.8) is 0 Å². The van der Waals surface area contributed by atoms with E-state index in [0.717, 1.165) is 36.1 Å². The first kappa shape index (κ1) is 16.3. The summed E-state index contributed by atoms with van der Waals surface area (Å²) in [5, 5.41) is 22.3. The van der Waals surface area contributed by atoms with Gasteiger partial charge in [0.05, 0.1) is 0 Å². The number of aromatic carboxylic acids is 1. The van der Waals surface area contributed by atoms with Crippen LogP contribution in [0.5, 0.6) is 5.75 Å². The Hall–Kier alpha value is -1.11. The van der Waals surface area contributed by atoms with Gasteiger partial charge < -0.3 is 20.3 Å². The van der Waals surface area contributed by atoms with E-state index >= 15 is 0 Å². The highest BCUT2D eigenvalue weighted by atomic mass is 32.1. The SMILES string of the molecule is CC(C)NCC(O)COc1c(C(=O)O)sc2c1CCCC2. The molecule has 1 aliphatic rings. The molecule has 0 amide bonds. The highest BCUT2D eigenvalue weighted by molar-refractivity contribution is 7.14. The summed E-state index contributed by atoms with van der Waals surface area (Å²) in [7, 11) is 0. The largest absolute Gasteiger partial charge is 0.489 e. The van der Waals surface area contributed by atoms with Gasteiger partial charge in [0.2, 0.25) is 0 Å². The van der Waals surface area contributed by atoms with Crippen LogP contribution in [-0.2, 0) is 12.8 Å². The number of carboxylic acids is 1. The molecule has 1 aliphatic carbocycles. The summed E-state index contributed by atoms with van der Waals surface area (Å²) in [6.45, 7) is 4.56. The van der Waals surface area contributed by atoms with Crippen LogP contribution in [0.25, 0.3) is 0 Å². The van der Waals surface area contributed by atoms with E-state index < -0.39 is 12.1 Å². The number of carboxylic acid groups (broad SMARTS) is 1. The van der Waals surface area contributed by atoms with E-state index in [-0.39, 0.29) is 11.5 Å². The van der Waals surface area contributed by atoms with Gasteiger partial charge in [-0.15, -0.1) is 11.3 Å². The second-order valence-electron chi connectivity index (χ2n) is 5.70. The van der Waals surface area contributed by atoms with Crippen molar-refractivity contribution < 1.29 is 19.7 Å². The molecule has 118 valence electrons. The van der Waals surface area contributed by atoms with Gasteiger partial charge in [0.25, 0.3) is 0 Å². The Kier molecular flexibility index (Phi) is 5.61. The van der Waals surface area contributed by atoms with Gasteiger partial charge in [-0.3, -0.25) is 0 Å². The van der Waals surface area contributed by atoms with Gasteiger partial charge in [0.15, 0.2) is 4.88 Å². The number of nitrogens with one attached hydrogen (secondary N) is 1. The molecule has 1 unspecified atom stereocenters. The zero-order valence-electron chi connectivity index (χ0n) is 12.5. The number of carbonyl (C=O) groups is 1. The van der Waals surface area contributed by atoms with Crippen LogP contribution in [0, 0.1) is 0 Å². The number of ether oxygens (including phenoxy) is 1. The first-order chi connectivity index (χ1) is 9.99. The number of hydrogen-bond acceptors (Lipinski definition) is 5. The van der Waals surface area contributed by atoms with Crippen molar-refractivity contribution in [2.75, 3.05) is 13.2 Å². The van der Waals surface area contributed by atoms with Crippen molar-refractivity contribution in [2.45, 2.75) is 51.7 Å². The summed E-state index contributed by atoms with van der Waals surface area (Å²) in [5.41, 5.74) is 1.03. The first-order valence-electron chi connectivity index (χ1n) is 7.41. The molecule has 2 rings (SSSR count). The predicted octanol–water partition coefficient (Wildman–Crippen LogP) is 2.06. The molecule has 0 aromatic carbocycles. The second kappa shape index (κ2) is 7.24. The topological polar surface area (TPSA) is 78.8 Å². The summed E-state index contributed by atoms with van der Waals surface area (Å²) in [5.74, 6) is -0.468. The molecule has 1 heterocycles. The highest BCUT2D eigenvalue weighted by Crippen LogP contribution is 2.40. The lowest BCUT2D eigenvalue weighted by Gasteiger charge is -2.17. The van der Waals surface area contributed by atoms with E-state index in [1.807, 2.05) is 13.8 Å². The Balaban J connectivity index is 2.04. The number of aryl methyl sites for hydroxylation is 1. The summed E-state index contributed by atoms with van der Waals surface area (Å²) in [6, 6.07) is 0.295. The minimum Gasteiger partial charge on any atom is -0.489 e. The molecule has 0 radical (unpaired) electrons. The molecule has 21 heavy (non-hydrogen) atoms. The van der Waals surface area contributed by atoms with Crippen LogP contribution < -0.4 is 10.1 Å². The third-order valence-electron chi connectivity index (χ3n) is 3.50. The highest BCUT2D eigenvalue weighted by Gasteiger charge is 2.26. The molecule has 6 heteroatoms.